The van der Waals surface area contributed by atoms with Gasteiger partial charge in [-0.25, -0.2) is 0 Å². The SMILES string of the molecule is COC(=O)Cn1ccc2c(OCCCN(Cc3cccc(C(F)(F)F)c3Cl)C[C@H](C)c3ccccc3)cccc21. The maximum Gasteiger partial charge on any atom is 0.417 e. The van der Waals surface area contributed by atoms with E-state index in [-0.39, 0.29) is 30.0 Å². The van der Waals surface area contributed by atoms with Crippen LogP contribution in [-0.4, -0.2) is 42.2 Å². The van der Waals surface area contributed by atoms with E-state index in [0.29, 0.717) is 37.4 Å². The van der Waals surface area contributed by atoms with Crippen LogP contribution in [-0.2, 0) is 28.8 Å². The number of nitrogens with zero attached hydrogens (tertiary/aromatic N) is 2. The highest BCUT2D eigenvalue weighted by Gasteiger charge is 2.34. The van der Waals surface area contributed by atoms with Gasteiger partial charge in [-0.1, -0.05) is 67.1 Å². The fraction of sp³-hybridized carbons (Fsp3) is 0.323. The third-order valence-corrected chi connectivity index (χ3v) is 7.30. The quantitative estimate of drug-likeness (QED) is 0.130. The molecule has 5 nitrogen and oxygen atoms in total. The molecule has 40 heavy (non-hydrogen) atoms. The number of ether oxygens (including phenoxy) is 2. The Kier molecular flexibility index (Phi) is 9.76. The first-order chi connectivity index (χ1) is 19.2. The van der Waals surface area contributed by atoms with E-state index in [9.17, 15) is 18.0 Å². The summed E-state index contributed by atoms with van der Waals surface area (Å²) in [5, 5.41) is 0.628. The van der Waals surface area contributed by atoms with Crippen LogP contribution in [0, 0.1) is 0 Å². The van der Waals surface area contributed by atoms with Gasteiger partial charge >= 0.3 is 12.1 Å². The molecule has 0 N–H and O–H groups in total. The molecule has 0 unspecified atom stereocenters. The molecule has 0 saturated heterocycles. The van der Waals surface area contributed by atoms with Crippen LogP contribution in [0.15, 0.2) is 79.0 Å². The van der Waals surface area contributed by atoms with Crippen molar-refractivity contribution < 1.29 is 27.4 Å². The smallest absolute Gasteiger partial charge is 0.417 e. The van der Waals surface area contributed by atoms with Crippen molar-refractivity contribution in [1.82, 2.24) is 9.47 Å². The Balaban J connectivity index is 1.45. The third kappa shape index (κ3) is 7.37. The normalized spacial score (nSPS) is 12.6. The number of benzene rings is 3. The minimum Gasteiger partial charge on any atom is -0.493 e. The molecule has 1 atom stereocenters. The minimum atomic E-state index is -4.51. The first kappa shape index (κ1) is 29.5. The predicted molar refractivity (Wildman–Crippen MR) is 151 cm³/mol. The van der Waals surface area contributed by atoms with Gasteiger partial charge in [0.25, 0.3) is 0 Å². The van der Waals surface area contributed by atoms with Crippen molar-refractivity contribution in [2.75, 3.05) is 26.8 Å². The molecule has 4 rings (SSSR count). The zero-order valence-corrected chi connectivity index (χ0v) is 23.2. The van der Waals surface area contributed by atoms with E-state index < -0.39 is 11.7 Å². The van der Waals surface area contributed by atoms with E-state index in [4.69, 9.17) is 21.1 Å². The molecule has 0 aliphatic carbocycles. The number of halogens is 4. The first-order valence-electron chi connectivity index (χ1n) is 13.1. The largest absolute Gasteiger partial charge is 0.493 e. The van der Waals surface area contributed by atoms with Crippen LogP contribution in [0.25, 0.3) is 10.9 Å². The van der Waals surface area contributed by atoms with Crippen LogP contribution in [0.5, 0.6) is 5.75 Å². The molecule has 0 aliphatic rings. The van der Waals surface area contributed by atoms with E-state index in [1.165, 1.54) is 13.2 Å². The number of esters is 1. The summed E-state index contributed by atoms with van der Waals surface area (Å²) in [6, 6.07) is 21.6. The van der Waals surface area contributed by atoms with Crippen molar-refractivity contribution >= 4 is 28.5 Å². The highest BCUT2D eigenvalue weighted by molar-refractivity contribution is 6.32. The summed E-state index contributed by atoms with van der Waals surface area (Å²) in [6.45, 7) is 4.15. The molecule has 9 heteroatoms. The number of hydrogen-bond donors (Lipinski definition) is 0. The number of carbonyl (C=O) groups excluding carboxylic acids is 1. The highest BCUT2D eigenvalue weighted by Crippen LogP contribution is 2.36. The summed E-state index contributed by atoms with van der Waals surface area (Å²) in [6.07, 6.45) is -2.04. The molecule has 212 valence electrons. The van der Waals surface area contributed by atoms with Gasteiger partial charge < -0.3 is 14.0 Å². The lowest BCUT2D eigenvalue weighted by Gasteiger charge is -2.27. The summed E-state index contributed by atoms with van der Waals surface area (Å²) in [5.41, 5.74) is 1.63. The van der Waals surface area contributed by atoms with Gasteiger partial charge in [-0.05, 0) is 47.7 Å². The molecular weight excluding hydrogens is 541 g/mol. The number of rotatable bonds is 12. The van der Waals surface area contributed by atoms with E-state index in [2.05, 4.69) is 24.0 Å². The van der Waals surface area contributed by atoms with Crippen molar-refractivity contribution in [1.29, 1.82) is 0 Å². The van der Waals surface area contributed by atoms with Crippen LogP contribution < -0.4 is 4.74 Å². The molecule has 4 aromatic rings. The molecule has 1 aromatic heterocycles. The maximum atomic E-state index is 13.5. The van der Waals surface area contributed by atoms with Gasteiger partial charge in [-0.3, -0.25) is 9.69 Å². The molecule has 0 radical (unpaired) electrons. The van der Waals surface area contributed by atoms with E-state index in [0.717, 1.165) is 22.5 Å². The lowest BCUT2D eigenvalue weighted by atomic mass is 10.00. The van der Waals surface area contributed by atoms with E-state index in [1.807, 2.05) is 48.7 Å². The minimum absolute atomic E-state index is 0.107. The van der Waals surface area contributed by atoms with Crippen molar-refractivity contribution in [3.63, 3.8) is 0 Å². The molecule has 3 aromatic carbocycles. The lowest BCUT2D eigenvalue weighted by Crippen LogP contribution is -2.30. The Bertz CT molecular complexity index is 1420. The van der Waals surface area contributed by atoms with Gasteiger partial charge in [0.15, 0.2) is 0 Å². The number of methoxy groups -OCH3 is 1. The summed E-state index contributed by atoms with van der Waals surface area (Å²) in [4.78, 5) is 13.8. The molecule has 0 aliphatic heterocycles. The van der Waals surface area contributed by atoms with Crippen molar-refractivity contribution in [3.05, 3.63) is 101 Å². The number of alkyl halides is 3. The molecular formula is C31H32ClF3N2O3. The summed E-state index contributed by atoms with van der Waals surface area (Å²) >= 11 is 6.23. The Morgan fingerprint density at radius 1 is 1.02 bits per heavy atom. The third-order valence-electron chi connectivity index (χ3n) is 6.86. The van der Waals surface area contributed by atoms with Crippen LogP contribution in [0.1, 0.15) is 36.0 Å². The van der Waals surface area contributed by atoms with Crippen molar-refractivity contribution in [2.45, 2.75) is 38.5 Å². The molecule has 0 bridgehead atoms. The zero-order valence-electron chi connectivity index (χ0n) is 22.5. The Hall–Kier alpha value is -3.49. The van der Waals surface area contributed by atoms with Gasteiger partial charge in [-0.15, -0.1) is 0 Å². The predicted octanol–water partition coefficient (Wildman–Crippen LogP) is 7.56. The molecule has 0 saturated carbocycles. The van der Waals surface area contributed by atoms with Gasteiger partial charge in [0.05, 0.1) is 29.8 Å². The fourth-order valence-electron chi connectivity index (χ4n) is 4.80. The molecule has 0 spiro atoms. The molecule has 0 fully saturated rings. The summed E-state index contributed by atoms with van der Waals surface area (Å²) in [5.74, 6) is 0.524. The van der Waals surface area contributed by atoms with Gasteiger partial charge in [0, 0.05) is 31.2 Å². The Labute approximate surface area is 237 Å². The van der Waals surface area contributed by atoms with E-state index >= 15 is 0 Å². The zero-order chi connectivity index (χ0) is 28.7. The van der Waals surface area contributed by atoms with Crippen LogP contribution in [0.2, 0.25) is 5.02 Å². The average molecular weight is 573 g/mol. The Morgan fingerprint density at radius 3 is 2.50 bits per heavy atom. The lowest BCUT2D eigenvalue weighted by molar-refractivity contribution is -0.141. The summed E-state index contributed by atoms with van der Waals surface area (Å²) in [7, 11) is 1.35. The van der Waals surface area contributed by atoms with Gasteiger partial charge in [0.2, 0.25) is 0 Å². The standard InChI is InChI=1S/C31H32ClF3N2O3/c1-22(23-9-4-3-5-10-23)19-36(20-24-11-6-12-26(30(24)32)31(33,34)35)16-8-18-40-28-14-7-13-27-25(28)15-17-37(27)21-29(38)39-2/h3-7,9-15,17,22H,8,16,18-21H2,1-2H3/t22-/m0/s1. The topological polar surface area (TPSA) is 43.7 Å². The summed E-state index contributed by atoms with van der Waals surface area (Å²) < 4.78 is 53.1. The van der Waals surface area contributed by atoms with Crippen molar-refractivity contribution in [2.24, 2.45) is 0 Å². The molecule has 0 amide bonds. The Morgan fingerprint density at radius 2 is 1.77 bits per heavy atom. The van der Waals surface area contributed by atoms with Crippen LogP contribution in [0.4, 0.5) is 13.2 Å². The number of aromatic nitrogens is 1. The van der Waals surface area contributed by atoms with Crippen LogP contribution >= 0.6 is 11.6 Å². The second-order valence-electron chi connectivity index (χ2n) is 9.73. The van der Waals surface area contributed by atoms with Crippen molar-refractivity contribution in [3.8, 4) is 5.75 Å². The van der Waals surface area contributed by atoms with Gasteiger partial charge in [-0.2, -0.15) is 13.2 Å². The number of hydrogen-bond acceptors (Lipinski definition) is 4. The monoisotopic (exact) mass is 572 g/mol. The highest BCUT2D eigenvalue weighted by atomic mass is 35.5. The number of fused-ring (bicyclic) bond motifs is 1. The molecule has 1 heterocycles. The second-order valence-corrected chi connectivity index (χ2v) is 10.1. The average Bonchev–Trinajstić information content (AvgIpc) is 3.35. The first-order valence-corrected chi connectivity index (χ1v) is 13.4. The maximum absolute atomic E-state index is 13.5. The van der Waals surface area contributed by atoms with Crippen LogP contribution in [0.3, 0.4) is 0 Å². The van der Waals surface area contributed by atoms with Gasteiger partial charge in [0.1, 0.15) is 12.3 Å². The fourth-order valence-corrected chi connectivity index (χ4v) is 5.10. The number of carbonyl (C=O) groups is 1. The van der Waals surface area contributed by atoms with E-state index in [1.54, 1.807) is 10.6 Å². The second kappa shape index (κ2) is 13.2.